The molecule has 2 amide bonds. The van der Waals surface area contributed by atoms with Crippen molar-refractivity contribution in [1.82, 2.24) is 15.5 Å². The maximum absolute atomic E-state index is 11.6. The molecule has 3 fully saturated rings. The Labute approximate surface area is 108 Å². The van der Waals surface area contributed by atoms with Gasteiger partial charge in [0.25, 0.3) is 0 Å². The minimum atomic E-state index is -0.207. The van der Waals surface area contributed by atoms with Crippen LogP contribution in [0.2, 0.25) is 0 Å². The molecule has 2 bridgehead atoms. The fourth-order valence-corrected chi connectivity index (χ4v) is 3.80. The average molecular weight is 266 g/mol. The van der Waals surface area contributed by atoms with Crippen molar-refractivity contribution < 1.29 is 9.53 Å². The summed E-state index contributed by atoms with van der Waals surface area (Å²) >= 11 is 1.31. The van der Waals surface area contributed by atoms with E-state index >= 15 is 0 Å². The zero-order valence-electron chi connectivity index (χ0n) is 9.70. The maximum Gasteiger partial charge on any atom is 0.321 e. The zero-order valence-corrected chi connectivity index (χ0v) is 10.5. The van der Waals surface area contributed by atoms with Crippen molar-refractivity contribution in [2.75, 3.05) is 11.9 Å². The van der Waals surface area contributed by atoms with Crippen molar-refractivity contribution in [2.45, 2.75) is 25.0 Å². The van der Waals surface area contributed by atoms with E-state index in [2.05, 4.69) is 20.8 Å². The van der Waals surface area contributed by atoms with Crippen molar-refractivity contribution in [3.8, 4) is 0 Å². The minimum absolute atomic E-state index is 0.207. The molecule has 5 atom stereocenters. The lowest BCUT2D eigenvalue weighted by molar-refractivity contribution is 0.0614. The Morgan fingerprint density at radius 2 is 2.44 bits per heavy atom. The van der Waals surface area contributed by atoms with E-state index in [9.17, 15) is 4.79 Å². The number of fused-ring (bicyclic) bond motifs is 5. The van der Waals surface area contributed by atoms with Crippen LogP contribution >= 0.6 is 11.3 Å². The minimum Gasteiger partial charge on any atom is -0.374 e. The van der Waals surface area contributed by atoms with Crippen molar-refractivity contribution in [3.63, 3.8) is 0 Å². The van der Waals surface area contributed by atoms with Crippen molar-refractivity contribution in [1.29, 1.82) is 0 Å². The maximum atomic E-state index is 11.6. The van der Waals surface area contributed by atoms with Gasteiger partial charge < -0.3 is 10.1 Å². The van der Waals surface area contributed by atoms with E-state index in [1.165, 1.54) is 17.8 Å². The van der Waals surface area contributed by atoms with E-state index < -0.39 is 0 Å². The van der Waals surface area contributed by atoms with Gasteiger partial charge in [0.2, 0.25) is 5.13 Å². The van der Waals surface area contributed by atoms with Crippen molar-refractivity contribution in [2.24, 2.45) is 17.8 Å². The predicted molar refractivity (Wildman–Crippen MR) is 65.3 cm³/mol. The number of rotatable bonds is 3. The molecule has 3 aliphatic rings. The summed E-state index contributed by atoms with van der Waals surface area (Å²) in [7, 11) is 0. The molecule has 4 rings (SSSR count). The summed E-state index contributed by atoms with van der Waals surface area (Å²) in [6, 6.07) is -0.207. The van der Waals surface area contributed by atoms with Crippen LogP contribution in [0.1, 0.15) is 12.8 Å². The summed E-state index contributed by atoms with van der Waals surface area (Å²) in [6.45, 7) is 0.690. The van der Waals surface area contributed by atoms with Crippen LogP contribution in [0.4, 0.5) is 9.93 Å². The molecule has 1 saturated carbocycles. The number of amides is 2. The molecule has 2 aliphatic heterocycles. The number of carbonyl (C=O) groups excluding carboxylic acids is 1. The third-order valence-electron chi connectivity index (χ3n) is 4.23. The first-order valence-electron chi connectivity index (χ1n) is 6.28. The highest BCUT2D eigenvalue weighted by molar-refractivity contribution is 7.13. The summed E-state index contributed by atoms with van der Waals surface area (Å²) in [5.41, 5.74) is 1.59. The Morgan fingerprint density at radius 3 is 3.17 bits per heavy atom. The molecule has 7 heteroatoms. The van der Waals surface area contributed by atoms with Crippen LogP contribution in [-0.2, 0) is 4.74 Å². The second-order valence-electron chi connectivity index (χ2n) is 5.28. The summed E-state index contributed by atoms with van der Waals surface area (Å²) < 4.78 is 5.89. The van der Waals surface area contributed by atoms with Crippen molar-refractivity contribution >= 4 is 22.5 Å². The zero-order chi connectivity index (χ0) is 12.1. The standard InChI is InChI=1S/C11H14N4O2S/c16-10(14-11-15-13-4-18-11)12-3-5-1-8-6-2-7(6)9(5)17-8/h4-9H,1-3H2,(H2,12,14,15,16)/t5-,6+,7-,8-,9+/m0/s1. The molecule has 3 heterocycles. The Bertz CT molecular complexity index is 466. The van der Waals surface area contributed by atoms with Crippen LogP contribution in [0.15, 0.2) is 5.51 Å². The van der Waals surface area contributed by atoms with Gasteiger partial charge in [-0.3, -0.25) is 5.32 Å². The molecule has 0 unspecified atom stereocenters. The monoisotopic (exact) mass is 266 g/mol. The number of anilines is 1. The molecule has 2 saturated heterocycles. The highest BCUT2D eigenvalue weighted by Gasteiger charge is 2.62. The van der Waals surface area contributed by atoms with E-state index in [0.717, 1.165) is 18.3 Å². The lowest BCUT2D eigenvalue weighted by atomic mass is 9.89. The molecular formula is C11H14N4O2S. The normalized spacial score (nSPS) is 39.4. The molecule has 6 nitrogen and oxygen atoms in total. The van der Waals surface area contributed by atoms with E-state index in [-0.39, 0.29) is 6.03 Å². The van der Waals surface area contributed by atoms with Gasteiger partial charge in [0.1, 0.15) is 5.51 Å². The Hall–Kier alpha value is -1.21. The van der Waals surface area contributed by atoms with Crippen LogP contribution in [0.3, 0.4) is 0 Å². The van der Waals surface area contributed by atoms with Gasteiger partial charge in [0.15, 0.2) is 0 Å². The smallest absolute Gasteiger partial charge is 0.321 e. The molecular weight excluding hydrogens is 252 g/mol. The topological polar surface area (TPSA) is 76.1 Å². The summed E-state index contributed by atoms with van der Waals surface area (Å²) in [4.78, 5) is 11.6. The van der Waals surface area contributed by atoms with Gasteiger partial charge in [-0.2, -0.15) is 0 Å². The van der Waals surface area contributed by atoms with Crippen LogP contribution < -0.4 is 10.6 Å². The molecule has 0 aromatic carbocycles. The quantitative estimate of drug-likeness (QED) is 0.858. The SMILES string of the molecule is O=C(NC[C@@H]1C[C@@H]2O[C@H]1[C@H]1C[C@H]12)Nc1nncs1. The first-order valence-corrected chi connectivity index (χ1v) is 7.15. The first kappa shape index (κ1) is 10.7. The van der Waals surface area contributed by atoms with Gasteiger partial charge in [0, 0.05) is 12.5 Å². The largest absolute Gasteiger partial charge is 0.374 e. The molecule has 1 aliphatic carbocycles. The van der Waals surface area contributed by atoms with E-state index in [0.29, 0.717) is 29.8 Å². The molecule has 2 N–H and O–H groups in total. The highest BCUT2D eigenvalue weighted by atomic mass is 32.1. The molecule has 96 valence electrons. The third-order valence-corrected chi connectivity index (χ3v) is 4.83. The van der Waals surface area contributed by atoms with Gasteiger partial charge in [0.05, 0.1) is 12.2 Å². The number of hydrogen-bond acceptors (Lipinski definition) is 5. The third kappa shape index (κ3) is 1.69. The van der Waals surface area contributed by atoms with Crippen LogP contribution in [-0.4, -0.2) is 35.0 Å². The number of ether oxygens (including phenoxy) is 1. The number of nitrogens with zero attached hydrogens (tertiary/aromatic N) is 2. The number of urea groups is 1. The number of nitrogens with one attached hydrogen (secondary N) is 2. The highest BCUT2D eigenvalue weighted by Crippen LogP contribution is 2.60. The number of carbonyl (C=O) groups is 1. The van der Waals surface area contributed by atoms with Crippen LogP contribution in [0.25, 0.3) is 0 Å². The molecule has 0 radical (unpaired) electrons. The van der Waals surface area contributed by atoms with Gasteiger partial charge in [-0.25, -0.2) is 4.79 Å². The second kappa shape index (κ2) is 3.89. The number of hydrogen-bond donors (Lipinski definition) is 2. The summed E-state index contributed by atoms with van der Waals surface area (Å²) in [5, 5.41) is 13.5. The van der Waals surface area contributed by atoms with Gasteiger partial charge in [-0.05, 0) is 24.7 Å². The molecule has 18 heavy (non-hydrogen) atoms. The summed E-state index contributed by atoms with van der Waals surface area (Å²) in [5.74, 6) is 2.10. The van der Waals surface area contributed by atoms with Crippen LogP contribution in [0, 0.1) is 17.8 Å². The second-order valence-corrected chi connectivity index (χ2v) is 6.11. The summed E-state index contributed by atoms with van der Waals surface area (Å²) in [6.07, 6.45) is 3.30. The predicted octanol–water partition coefficient (Wildman–Crippen LogP) is 1.08. The van der Waals surface area contributed by atoms with E-state index in [4.69, 9.17) is 4.74 Å². The molecule has 0 spiro atoms. The molecule has 1 aromatic rings. The first-order chi connectivity index (χ1) is 8.81. The Balaban J connectivity index is 1.28. The van der Waals surface area contributed by atoms with Crippen molar-refractivity contribution in [3.05, 3.63) is 5.51 Å². The van der Waals surface area contributed by atoms with Gasteiger partial charge >= 0.3 is 6.03 Å². The molecule has 1 aromatic heterocycles. The number of aromatic nitrogens is 2. The fraction of sp³-hybridized carbons (Fsp3) is 0.727. The Kier molecular flexibility index (Phi) is 2.31. The van der Waals surface area contributed by atoms with Gasteiger partial charge in [-0.15, -0.1) is 10.2 Å². The van der Waals surface area contributed by atoms with Crippen LogP contribution in [0.5, 0.6) is 0 Å². The lowest BCUT2D eigenvalue weighted by Crippen LogP contribution is -2.36. The lowest BCUT2D eigenvalue weighted by Gasteiger charge is -2.18. The Morgan fingerprint density at radius 1 is 1.50 bits per heavy atom. The fourth-order valence-electron chi connectivity index (χ4n) is 3.36. The van der Waals surface area contributed by atoms with E-state index in [1.54, 1.807) is 5.51 Å². The van der Waals surface area contributed by atoms with E-state index in [1.807, 2.05) is 0 Å². The van der Waals surface area contributed by atoms with Gasteiger partial charge in [-0.1, -0.05) is 11.3 Å². The average Bonchev–Trinajstić information content (AvgIpc) is 2.76.